The number of aryl methyl sites for hydroxylation is 2. The largest absolute Gasteiger partial charge is 0.466 e. The molecule has 0 aliphatic rings. The molecular weight excluding hydrogens is 313 g/mol. The minimum absolute atomic E-state index is 0.0200. The SMILES string of the molecule is Cc1cc(C(=O)Nc2cnc(Oc3ccccc3F)nc2)c(C)o1. The number of anilines is 1. The molecule has 0 saturated heterocycles. The molecule has 0 radical (unpaired) electrons. The minimum Gasteiger partial charge on any atom is -0.466 e. The van der Waals surface area contributed by atoms with Crippen LogP contribution in [0.4, 0.5) is 10.1 Å². The van der Waals surface area contributed by atoms with Gasteiger partial charge in [0.1, 0.15) is 11.5 Å². The number of ether oxygens (including phenoxy) is 1. The van der Waals surface area contributed by atoms with Crippen LogP contribution in [0.5, 0.6) is 11.8 Å². The van der Waals surface area contributed by atoms with Crippen molar-refractivity contribution >= 4 is 11.6 Å². The van der Waals surface area contributed by atoms with Gasteiger partial charge in [-0.05, 0) is 32.0 Å². The van der Waals surface area contributed by atoms with E-state index in [1.54, 1.807) is 32.0 Å². The van der Waals surface area contributed by atoms with Gasteiger partial charge in [0.25, 0.3) is 5.91 Å². The van der Waals surface area contributed by atoms with Crippen molar-refractivity contribution in [2.45, 2.75) is 13.8 Å². The molecule has 1 amide bonds. The van der Waals surface area contributed by atoms with Crippen molar-refractivity contribution in [2.75, 3.05) is 5.32 Å². The van der Waals surface area contributed by atoms with Gasteiger partial charge in [-0.3, -0.25) is 4.79 Å². The van der Waals surface area contributed by atoms with Gasteiger partial charge in [0.2, 0.25) is 0 Å². The molecule has 122 valence electrons. The van der Waals surface area contributed by atoms with E-state index in [4.69, 9.17) is 9.15 Å². The highest BCUT2D eigenvalue weighted by Gasteiger charge is 2.14. The van der Waals surface area contributed by atoms with Crippen molar-refractivity contribution < 1.29 is 18.3 Å². The Morgan fingerprint density at radius 1 is 1.21 bits per heavy atom. The molecule has 2 aromatic heterocycles. The predicted octanol–water partition coefficient (Wildman–Crippen LogP) is 3.87. The average molecular weight is 327 g/mol. The molecule has 0 unspecified atom stereocenters. The lowest BCUT2D eigenvalue weighted by atomic mass is 10.2. The van der Waals surface area contributed by atoms with Crippen LogP contribution in [0.3, 0.4) is 0 Å². The zero-order valence-electron chi connectivity index (χ0n) is 13.0. The predicted molar refractivity (Wildman–Crippen MR) is 84.6 cm³/mol. The molecule has 0 bridgehead atoms. The van der Waals surface area contributed by atoms with Crippen molar-refractivity contribution in [3.63, 3.8) is 0 Å². The summed E-state index contributed by atoms with van der Waals surface area (Å²) in [5.74, 6) is 0.381. The molecule has 3 aromatic rings. The van der Waals surface area contributed by atoms with Crippen molar-refractivity contribution in [3.05, 3.63) is 65.6 Å². The normalized spacial score (nSPS) is 10.5. The Hall–Kier alpha value is -3.22. The number of carbonyl (C=O) groups excluding carboxylic acids is 1. The highest BCUT2D eigenvalue weighted by molar-refractivity contribution is 6.04. The molecule has 0 aliphatic heterocycles. The van der Waals surface area contributed by atoms with Gasteiger partial charge in [0.05, 0.1) is 23.6 Å². The van der Waals surface area contributed by atoms with Crippen LogP contribution >= 0.6 is 0 Å². The van der Waals surface area contributed by atoms with Gasteiger partial charge in [-0.15, -0.1) is 0 Å². The number of hydrogen-bond donors (Lipinski definition) is 1. The van der Waals surface area contributed by atoms with Crippen molar-refractivity contribution in [1.82, 2.24) is 9.97 Å². The second kappa shape index (κ2) is 6.49. The Morgan fingerprint density at radius 2 is 1.92 bits per heavy atom. The van der Waals surface area contributed by atoms with E-state index in [1.165, 1.54) is 24.5 Å². The molecule has 0 atom stereocenters. The Morgan fingerprint density at radius 3 is 2.54 bits per heavy atom. The number of hydrogen-bond acceptors (Lipinski definition) is 5. The number of halogens is 1. The molecule has 0 aliphatic carbocycles. The van der Waals surface area contributed by atoms with E-state index in [1.807, 2.05) is 0 Å². The van der Waals surface area contributed by atoms with Gasteiger partial charge in [-0.25, -0.2) is 14.4 Å². The fourth-order valence-electron chi connectivity index (χ4n) is 2.11. The van der Waals surface area contributed by atoms with Gasteiger partial charge in [-0.2, -0.15) is 0 Å². The van der Waals surface area contributed by atoms with E-state index in [0.29, 0.717) is 22.8 Å². The van der Waals surface area contributed by atoms with Crippen LogP contribution in [-0.4, -0.2) is 15.9 Å². The quantitative estimate of drug-likeness (QED) is 0.787. The van der Waals surface area contributed by atoms with Crippen molar-refractivity contribution in [3.8, 4) is 11.8 Å². The third kappa shape index (κ3) is 3.40. The fraction of sp³-hybridized carbons (Fsp3) is 0.118. The number of rotatable bonds is 4. The maximum absolute atomic E-state index is 13.5. The van der Waals surface area contributed by atoms with Crippen LogP contribution in [0.2, 0.25) is 0 Å². The second-order valence-corrected chi connectivity index (χ2v) is 5.07. The standard InChI is InChI=1S/C17H14FN3O3/c1-10-7-13(11(2)23-10)16(22)21-12-8-19-17(20-9-12)24-15-6-4-3-5-14(15)18/h3-9H,1-2H3,(H,21,22). The van der Waals surface area contributed by atoms with Crippen LogP contribution in [0.1, 0.15) is 21.9 Å². The maximum atomic E-state index is 13.5. The minimum atomic E-state index is -0.510. The summed E-state index contributed by atoms with van der Waals surface area (Å²) in [5.41, 5.74) is 0.832. The Bertz CT molecular complexity index is 875. The second-order valence-electron chi connectivity index (χ2n) is 5.07. The summed E-state index contributed by atoms with van der Waals surface area (Å²) < 4.78 is 24.1. The summed E-state index contributed by atoms with van der Waals surface area (Å²) in [6, 6.07) is 7.58. The Balaban J connectivity index is 1.70. The van der Waals surface area contributed by atoms with Crippen LogP contribution in [0.25, 0.3) is 0 Å². The summed E-state index contributed by atoms with van der Waals surface area (Å²) in [4.78, 5) is 20.1. The molecule has 2 heterocycles. The lowest BCUT2D eigenvalue weighted by Gasteiger charge is -2.06. The summed E-state index contributed by atoms with van der Waals surface area (Å²) in [6.45, 7) is 3.48. The molecule has 24 heavy (non-hydrogen) atoms. The number of benzene rings is 1. The third-order valence-electron chi connectivity index (χ3n) is 3.21. The lowest BCUT2D eigenvalue weighted by Crippen LogP contribution is -2.12. The Kier molecular flexibility index (Phi) is 4.24. The average Bonchev–Trinajstić information content (AvgIpc) is 2.90. The van der Waals surface area contributed by atoms with Gasteiger partial charge >= 0.3 is 6.01 Å². The fourth-order valence-corrected chi connectivity index (χ4v) is 2.11. The molecular formula is C17H14FN3O3. The zero-order valence-corrected chi connectivity index (χ0v) is 13.0. The summed E-state index contributed by atoms with van der Waals surface area (Å²) in [6.07, 6.45) is 2.76. The molecule has 0 spiro atoms. The number of para-hydroxylation sites is 1. The van der Waals surface area contributed by atoms with E-state index in [9.17, 15) is 9.18 Å². The number of amides is 1. The highest BCUT2D eigenvalue weighted by atomic mass is 19.1. The first kappa shape index (κ1) is 15.7. The first-order chi connectivity index (χ1) is 11.5. The zero-order chi connectivity index (χ0) is 17.1. The smallest absolute Gasteiger partial charge is 0.322 e. The topological polar surface area (TPSA) is 77.2 Å². The van der Waals surface area contributed by atoms with Gasteiger partial charge < -0.3 is 14.5 Å². The molecule has 6 nitrogen and oxygen atoms in total. The molecule has 3 rings (SSSR count). The first-order valence-electron chi connectivity index (χ1n) is 7.16. The Labute approximate surface area is 137 Å². The summed E-state index contributed by atoms with van der Waals surface area (Å²) >= 11 is 0. The molecule has 0 saturated carbocycles. The number of furan rings is 1. The van der Waals surface area contributed by atoms with Crippen molar-refractivity contribution in [1.29, 1.82) is 0 Å². The number of carbonyl (C=O) groups is 1. The first-order valence-corrected chi connectivity index (χ1v) is 7.16. The van der Waals surface area contributed by atoms with E-state index in [0.717, 1.165) is 0 Å². The third-order valence-corrected chi connectivity index (χ3v) is 3.21. The van der Waals surface area contributed by atoms with Gasteiger partial charge in [0.15, 0.2) is 11.6 Å². The van der Waals surface area contributed by atoms with Crippen LogP contribution in [0, 0.1) is 19.7 Å². The maximum Gasteiger partial charge on any atom is 0.322 e. The van der Waals surface area contributed by atoms with Gasteiger partial charge in [-0.1, -0.05) is 12.1 Å². The molecule has 7 heteroatoms. The van der Waals surface area contributed by atoms with Crippen molar-refractivity contribution in [2.24, 2.45) is 0 Å². The highest BCUT2D eigenvalue weighted by Crippen LogP contribution is 2.21. The van der Waals surface area contributed by atoms with E-state index in [2.05, 4.69) is 15.3 Å². The van der Waals surface area contributed by atoms with Gasteiger partial charge in [0, 0.05) is 0 Å². The van der Waals surface area contributed by atoms with E-state index in [-0.39, 0.29) is 17.7 Å². The van der Waals surface area contributed by atoms with Crippen LogP contribution < -0.4 is 10.1 Å². The van der Waals surface area contributed by atoms with E-state index >= 15 is 0 Å². The monoisotopic (exact) mass is 327 g/mol. The van der Waals surface area contributed by atoms with E-state index < -0.39 is 5.82 Å². The number of nitrogens with one attached hydrogen (secondary N) is 1. The number of aromatic nitrogens is 2. The molecule has 0 fully saturated rings. The van der Waals surface area contributed by atoms with Crippen LogP contribution in [0.15, 0.2) is 47.1 Å². The summed E-state index contributed by atoms with van der Waals surface area (Å²) in [7, 11) is 0. The molecule has 1 aromatic carbocycles. The molecule has 1 N–H and O–H groups in total. The van der Waals surface area contributed by atoms with Crippen LogP contribution in [-0.2, 0) is 0 Å². The number of nitrogens with zero attached hydrogens (tertiary/aromatic N) is 2. The lowest BCUT2D eigenvalue weighted by molar-refractivity contribution is 0.102. The summed E-state index contributed by atoms with van der Waals surface area (Å²) in [5, 5.41) is 2.66.